The van der Waals surface area contributed by atoms with Crippen molar-refractivity contribution in [3.63, 3.8) is 0 Å². The Morgan fingerprint density at radius 1 is 1.70 bits per heavy atom. The topological polar surface area (TPSA) is 24.4 Å². The second kappa shape index (κ2) is 6.23. The lowest BCUT2D eigenvalue weighted by atomic mass is 10.3. The van der Waals surface area contributed by atoms with Crippen molar-refractivity contribution < 1.29 is 0 Å². The van der Waals surface area contributed by atoms with Gasteiger partial charge in [0.15, 0.2) is 0 Å². The van der Waals surface area contributed by atoms with E-state index < -0.39 is 0 Å². The maximum Gasteiger partial charge on any atom is 0.0306 e. The zero-order valence-corrected chi connectivity index (χ0v) is 6.59. The Hall–Kier alpha value is -0.890. The van der Waals surface area contributed by atoms with Crippen molar-refractivity contribution in [3.05, 3.63) is 24.4 Å². The highest BCUT2D eigenvalue weighted by atomic mass is 14.8. The van der Waals surface area contributed by atoms with Crippen LogP contribution in [0.4, 0.5) is 0 Å². The molecule has 0 aromatic heterocycles. The van der Waals surface area contributed by atoms with Gasteiger partial charge in [-0.15, -0.1) is 0 Å². The molecule has 0 heterocycles. The fourth-order valence-corrected chi connectivity index (χ4v) is 0.507. The SMILES string of the molecule is C=C(C=N/C=C\C)CNC. The minimum absolute atomic E-state index is 0.793. The highest BCUT2D eigenvalue weighted by Gasteiger charge is 1.82. The average Bonchev–Trinajstić information content (AvgIpc) is 1.89. The lowest BCUT2D eigenvalue weighted by Gasteiger charge is -1.93. The van der Waals surface area contributed by atoms with Gasteiger partial charge in [0, 0.05) is 19.0 Å². The van der Waals surface area contributed by atoms with Crippen molar-refractivity contribution >= 4 is 6.21 Å². The third kappa shape index (κ3) is 5.25. The molecule has 0 aliphatic carbocycles. The van der Waals surface area contributed by atoms with Gasteiger partial charge < -0.3 is 5.32 Å². The molecule has 10 heavy (non-hydrogen) atoms. The van der Waals surface area contributed by atoms with Gasteiger partial charge in [-0.05, 0) is 19.5 Å². The molecule has 0 aliphatic rings. The highest BCUT2D eigenvalue weighted by molar-refractivity contribution is 5.78. The first-order chi connectivity index (χ1) is 4.81. The molecule has 0 aliphatic heterocycles. The van der Waals surface area contributed by atoms with Crippen LogP contribution in [0.15, 0.2) is 29.4 Å². The average molecular weight is 138 g/mol. The van der Waals surface area contributed by atoms with E-state index in [1.807, 2.05) is 20.0 Å². The quantitative estimate of drug-likeness (QED) is 0.583. The molecule has 0 amide bonds. The molecule has 0 bridgehead atoms. The van der Waals surface area contributed by atoms with Crippen LogP contribution in [0.1, 0.15) is 6.92 Å². The highest BCUT2D eigenvalue weighted by Crippen LogP contribution is 1.81. The summed E-state index contributed by atoms with van der Waals surface area (Å²) < 4.78 is 0. The standard InChI is InChI=1S/C8H14N2/c1-4-5-10-7-8(2)6-9-3/h4-5,7,9H,2,6H2,1,3H3/b5-4-,10-7?. The maximum absolute atomic E-state index is 3.96. The fourth-order valence-electron chi connectivity index (χ4n) is 0.507. The Morgan fingerprint density at radius 2 is 2.40 bits per heavy atom. The largest absolute Gasteiger partial charge is 0.316 e. The Balaban J connectivity index is 3.56. The Labute approximate surface area is 62.4 Å². The summed E-state index contributed by atoms with van der Waals surface area (Å²) >= 11 is 0. The van der Waals surface area contributed by atoms with Crippen LogP contribution >= 0.6 is 0 Å². The predicted molar refractivity (Wildman–Crippen MR) is 46.4 cm³/mol. The molecular weight excluding hydrogens is 124 g/mol. The minimum atomic E-state index is 0.793. The number of nitrogens with zero attached hydrogens (tertiary/aromatic N) is 1. The number of likely N-dealkylation sites (N-methyl/N-ethyl adjacent to an activating group) is 1. The van der Waals surface area contributed by atoms with E-state index in [1.165, 1.54) is 0 Å². The molecule has 0 radical (unpaired) electrons. The molecule has 56 valence electrons. The van der Waals surface area contributed by atoms with Gasteiger partial charge in [0.05, 0.1) is 0 Å². The van der Waals surface area contributed by atoms with E-state index in [0.29, 0.717) is 0 Å². The number of hydrogen-bond donors (Lipinski definition) is 1. The smallest absolute Gasteiger partial charge is 0.0306 e. The van der Waals surface area contributed by atoms with Gasteiger partial charge in [-0.2, -0.15) is 0 Å². The number of nitrogens with one attached hydrogen (secondary N) is 1. The van der Waals surface area contributed by atoms with E-state index >= 15 is 0 Å². The molecule has 1 N–H and O–H groups in total. The van der Waals surface area contributed by atoms with E-state index in [4.69, 9.17) is 0 Å². The molecule has 0 spiro atoms. The van der Waals surface area contributed by atoms with Gasteiger partial charge in [0.1, 0.15) is 0 Å². The van der Waals surface area contributed by atoms with E-state index in [0.717, 1.165) is 12.1 Å². The Kier molecular flexibility index (Phi) is 5.68. The van der Waals surface area contributed by atoms with Crippen LogP contribution in [0.25, 0.3) is 0 Å². The van der Waals surface area contributed by atoms with Gasteiger partial charge >= 0.3 is 0 Å². The normalized spacial score (nSPS) is 11.4. The second-order valence-electron chi connectivity index (χ2n) is 1.95. The van der Waals surface area contributed by atoms with Crippen LogP contribution in [0.2, 0.25) is 0 Å². The zero-order chi connectivity index (χ0) is 7.82. The summed E-state index contributed by atoms with van der Waals surface area (Å²) in [6, 6.07) is 0. The first-order valence-electron chi connectivity index (χ1n) is 3.28. The van der Waals surface area contributed by atoms with Crippen LogP contribution in [0.3, 0.4) is 0 Å². The minimum Gasteiger partial charge on any atom is -0.316 e. The van der Waals surface area contributed by atoms with E-state index in [-0.39, 0.29) is 0 Å². The first kappa shape index (κ1) is 9.11. The lowest BCUT2D eigenvalue weighted by molar-refractivity contribution is 0.907. The molecule has 0 aromatic carbocycles. The van der Waals surface area contributed by atoms with Gasteiger partial charge in [0.2, 0.25) is 0 Å². The van der Waals surface area contributed by atoms with Gasteiger partial charge in [-0.1, -0.05) is 12.7 Å². The number of rotatable bonds is 4. The van der Waals surface area contributed by atoms with E-state index in [1.54, 1.807) is 12.4 Å². The van der Waals surface area contributed by atoms with Crippen molar-refractivity contribution in [1.82, 2.24) is 5.32 Å². The summed E-state index contributed by atoms with van der Waals surface area (Å²) in [4.78, 5) is 3.96. The number of allylic oxidation sites excluding steroid dienone is 1. The molecule has 2 nitrogen and oxygen atoms in total. The Morgan fingerprint density at radius 3 is 2.90 bits per heavy atom. The lowest BCUT2D eigenvalue weighted by Crippen LogP contribution is -2.09. The van der Waals surface area contributed by atoms with Crippen molar-refractivity contribution in [1.29, 1.82) is 0 Å². The molecule has 0 fully saturated rings. The molecule has 0 saturated carbocycles. The second-order valence-corrected chi connectivity index (χ2v) is 1.95. The fraction of sp³-hybridized carbons (Fsp3) is 0.375. The summed E-state index contributed by atoms with van der Waals surface area (Å²) in [6.45, 7) is 6.49. The summed E-state index contributed by atoms with van der Waals surface area (Å²) in [7, 11) is 1.88. The van der Waals surface area contributed by atoms with Gasteiger partial charge in [0.25, 0.3) is 0 Å². The van der Waals surface area contributed by atoms with Crippen LogP contribution in [0, 0.1) is 0 Å². The third-order valence-corrected chi connectivity index (χ3v) is 0.896. The molecule has 0 saturated heterocycles. The predicted octanol–water partition coefficient (Wildman–Crippen LogP) is 1.37. The van der Waals surface area contributed by atoms with Crippen molar-refractivity contribution in [3.8, 4) is 0 Å². The van der Waals surface area contributed by atoms with Crippen LogP contribution in [-0.2, 0) is 0 Å². The van der Waals surface area contributed by atoms with E-state index in [2.05, 4.69) is 16.9 Å². The number of hydrogen-bond acceptors (Lipinski definition) is 2. The monoisotopic (exact) mass is 138 g/mol. The molecule has 0 aromatic rings. The number of aliphatic imine (C=N–C) groups is 1. The molecule has 2 heteroatoms. The molecular formula is C8H14N2. The molecule has 0 rings (SSSR count). The van der Waals surface area contributed by atoms with Crippen molar-refractivity contribution in [2.75, 3.05) is 13.6 Å². The first-order valence-corrected chi connectivity index (χ1v) is 3.28. The van der Waals surface area contributed by atoms with Crippen molar-refractivity contribution in [2.45, 2.75) is 6.92 Å². The van der Waals surface area contributed by atoms with Gasteiger partial charge in [-0.25, -0.2) is 0 Å². The third-order valence-electron chi connectivity index (χ3n) is 0.896. The summed E-state index contributed by atoms with van der Waals surface area (Å²) in [5, 5.41) is 2.98. The van der Waals surface area contributed by atoms with Crippen LogP contribution < -0.4 is 5.32 Å². The molecule has 0 atom stereocenters. The zero-order valence-electron chi connectivity index (χ0n) is 6.59. The van der Waals surface area contributed by atoms with Crippen LogP contribution in [0.5, 0.6) is 0 Å². The summed E-state index contributed by atoms with van der Waals surface area (Å²) in [6.07, 6.45) is 5.36. The van der Waals surface area contributed by atoms with Gasteiger partial charge in [-0.3, -0.25) is 4.99 Å². The summed E-state index contributed by atoms with van der Waals surface area (Å²) in [5.41, 5.74) is 0.987. The van der Waals surface area contributed by atoms with Crippen molar-refractivity contribution in [2.24, 2.45) is 4.99 Å². The Bertz CT molecular complexity index is 145. The van der Waals surface area contributed by atoms with Crippen LogP contribution in [-0.4, -0.2) is 19.8 Å². The molecule has 0 unspecified atom stereocenters. The van der Waals surface area contributed by atoms with E-state index in [9.17, 15) is 0 Å². The maximum atomic E-state index is 3.96. The summed E-state index contributed by atoms with van der Waals surface area (Å²) in [5.74, 6) is 0.